The first-order valence-electron chi connectivity index (χ1n) is 6.61. The van der Waals surface area contributed by atoms with Gasteiger partial charge in [-0.2, -0.15) is 0 Å². The van der Waals surface area contributed by atoms with Crippen molar-refractivity contribution < 1.29 is 14.6 Å². The Labute approximate surface area is 111 Å². The highest BCUT2D eigenvalue weighted by Gasteiger charge is 2.33. The number of rotatable bonds is 5. The summed E-state index contributed by atoms with van der Waals surface area (Å²) >= 11 is 0. The van der Waals surface area contributed by atoms with Crippen molar-refractivity contribution in [2.24, 2.45) is 11.8 Å². The Hall–Kier alpha value is -1.50. The third kappa shape index (κ3) is 2.91. The van der Waals surface area contributed by atoms with Crippen LogP contribution in [-0.4, -0.2) is 37.9 Å². The second-order valence-electron chi connectivity index (χ2n) is 5.45. The number of aliphatic carboxylic acids is 1. The molecule has 0 aliphatic carbocycles. The molecule has 7 nitrogen and oxygen atoms in total. The first kappa shape index (κ1) is 13.9. The van der Waals surface area contributed by atoms with E-state index in [1.807, 2.05) is 13.8 Å². The fourth-order valence-corrected chi connectivity index (χ4v) is 2.43. The van der Waals surface area contributed by atoms with Gasteiger partial charge < -0.3 is 9.84 Å². The molecule has 0 radical (unpaired) electrons. The molecule has 0 bridgehead atoms. The number of ether oxygens (including phenoxy) is 1. The Kier molecular flexibility index (Phi) is 4.14. The molecule has 0 amide bonds. The zero-order valence-electron chi connectivity index (χ0n) is 11.5. The van der Waals surface area contributed by atoms with Crippen LogP contribution in [-0.2, 0) is 9.53 Å². The molecular formula is C12H20N4O3. The van der Waals surface area contributed by atoms with Gasteiger partial charge in [0.2, 0.25) is 0 Å². The predicted molar refractivity (Wildman–Crippen MR) is 66.4 cm³/mol. The number of nitrogens with zero attached hydrogens (tertiary/aromatic N) is 4. The molecule has 0 spiro atoms. The lowest BCUT2D eigenvalue weighted by Crippen LogP contribution is -2.24. The number of hydrogen-bond donors (Lipinski definition) is 1. The first-order chi connectivity index (χ1) is 9.00. The number of carboxylic acids is 1. The van der Waals surface area contributed by atoms with Crippen LogP contribution >= 0.6 is 0 Å². The van der Waals surface area contributed by atoms with Crippen LogP contribution in [0.4, 0.5) is 0 Å². The van der Waals surface area contributed by atoms with Crippen LogP contribution in [0, 0.1) is 11.8 Å². The van der Waals surface area contributed by atoms with Crippen molar-refractivity contribution in [3.8, 4) is 0 Å². The van der Waals surface area contributed by atoms with Crippen molar-refractivity contribution in [1.82, 2.24) is 20.2 Å². The van der Waals surface area contributed by atoms with Crippen LogP contribution in [0.2, 0.25) is 0 Å². The largest absolute Gasteiger partial charge is 0.481 e. The third-order valence-corrected chi connectivity index (χ3v) is 3.63. The molecule has 1 N–H and O–H groups in total. The summed E-state index contributed by atoms with van der Waals surface area (Å²) in [6.07, 6.45) is 0.852. The van der Waals surface area contributed by atoms with E-state index in [1.54, 1.807) is 4.68 Å². The molecule has 1 saturated heterocycles. The highest BCUT2D eigenvalue weighted by molar-refractivity contribution is 5.67. The lowest BCUT2D eigenvalue weighted by molar-refractivity contribution is -0.138. The van der Waals surface area contributed by atoms with Gasteiger partial charge in [0, 0.05) is 6.61 Å². The highest BCUT2D eigenvalue weighted by Crippen LogP contribution is 2.34. The van der Waals surface area contributed by atoms with E-state index in [-0.39, 0.29) is 24.5 Å². The average molecular weight is 268 g/mol. The van der Waals surface area contributed by atoms with Gasteiger partial charge in [-0.15, -0.1) is 5.10 Å². The summed E-state index contributed by atoms with van der Waals surface area (Å²) in [7, 11) is 0. The van der Waals surface area contributed by atoms with E-state index in [2.05, 4.69) is 22.4 Å². The van der Waals surface area contributed by atoms with Gasteiger partial charge >= 0.3 is 5.97 Å². The molecule has 3 atom stereocenters. The van der Waals surface area contributed by atoms with Gasteiger partial charge in [0.25, 0.3) is 0 Å². The summed E-state index contributed by atoms with van der Waals surface area (Å²) < 4.78 is 7.30. The van der Waals surface area contributed by atoms with E-state index in [1.165, 1.54) is 0 Å². The minimum Gasteiger partial charge on any atom is -0.481 e. The Morgan fingerprint density at radius 1 is 1.58 bits per heavy atom. The highest BCUT2D eigenvalue weighted by atomic mass is 16.5. The summed E-state index contributed by atoms with van der Waals surface area (Å²) in [5.41, 5.74) is 0. The molecule has 3 unspecified atom stereocenters. The third-order valence-electron chi connectivity index (χ3n) is 3.63. The Balaban J connectivity index is 2.28. The smallest absolute Gasteiger partial charge is 0.305 e. The van der Waals surface area contributed by atoms with Crippen LogP contribution in [0.3, 0.4) is 0 Å². The number of carbonyl (C=O) groups is 1. The number of aromatic nitrogens is 4. The topological polar surface area (TPSA) is 90.1 Å². The minimum atomic E-state index is -0.847. The lowest BCUT2D eigenvalue weighted by atomic mass is 9.99. The lowest BCUT2D eigenvalue weighted by Gasteiger charge is -2.22. The standard InChI is InChI=1S/C12H20N4O3/c1-7(2)9(6-10(17)18)16-12(13-14-15-16)11-8(3)4-5-19-11/h7-9,11H,4-6H2,1-3H3,(H,17,18). The molecule has 2 heterocycles. The molecule has 19 heavy (non-hydrogen) atoms. The minimum absolute atomic E-state index is 0.0107. The molecule has 2 rings (SSSR count). The second kappa shape index (κ2) is 5.64. The molecule has 0 saturated carbocycles. The van der Waals surface area contributed by atoms with E-state index in [0.29, 0.717) is 18.3 Å². The first-order valence-corrected chi connectivity index (χ1v) is 6.61. The van der Waals surface area contributed by atoms with Crippen molar-refractivity contribution in [2.45, 2.75) is 45.8 Å². The summed E-state index contributed by atoms with van der Waals surface area (Å²) in [4.78, 5) is 11.0. The van der Waals surface area contributed by atoms with Gasteiger partial charge in [-0.25, -0.2) is 4.68 Å². The van der Waals surface area contributed by atoms with Gasteiger partial charge in [0.15, 0.2) is 5.82 Å². The number of carboxylic acid groups (broad SMARTS) is 1. The molecule has 7 heteroatoms. The van der Waals surface area contributed by atoms with E-state index in [9.17, 15) is 4.79 Å². The van der Waals surface area contributed by atoms with Crippen LogP contribution in [0.25, 0.3) is 0 Å². The Morgan fingerprint density at radius 2 is 2.32 bits per heavy atom. The fourth-order valence-electron chi connectivity index (χ4n) is 2.43. The summed E-state index contributed by atoms with van der Waals surface area (Å²) in [6.45, 7) is 6.73. The van der Waals surface area contributed by atoms with E-state index in [0.717, 1.165) is 6.42 Å². The van der Waals surface area contributed by atoms with E-state index >= 15 is 0 Å². The molecule has 1 aromatic rings. The molecular weight excluding hydrogens is 248 g/mol. The average Bonchev–Trinajstić information content (AvgIpc) is 2.93. The number of hydrogen-bond acceptors (Lipinski definition) is 5. The summed E-state index contributed by atoms with van der Waals surface area (Å²) in [5, 5.41) is 20.8. The maximum Gasteiger partial charge on any atom is 0.305 e. The van der Waals surface area contributed by atoms with Crippen LogP contribution < -0.4 is 0 Å². The van der Waals surface area contributed by atoms with Gasteiger partial charge in [0.05, 0.1) is 12.5 Å². The molecule has 1 fully saturated rings. The van der Waals surface area contributed by atoms with Gasteiger partial charge in [-0.3, -0.25) is 4.79 Å². The number of tetrazole rings is 1. The maximum atomic E-state index is 11.0. The monoisotopic (exact) mass is 268 g/mol. The quantitative estimate of drug-likeness (QED) is 0.869. The molecule has 1 aliphatic rings. The fraction of sp³-hybridized carbons (Fsp3) is 0.833. The molecule has 1 aromatic heterocycles. The zero-order chi connectivity index (χ0) is 14.0. The van der Waals surface area contributed by atoms with Crippen molar-refractivity contribution >= 4 is 5.97 Å². The molecule has 0 aromatic carbocycles. The Bertz CT molecular complexity index is 446. The van der Waals surface area contributed by atoms with E-state index < -0.39 is 5.97 Å². The van der Waals surface area contributed by atoms with Crippen LogP contribution in [0.5, 0.6) is 0 Å². The summed E-state index contributed by atoms with van der Waals surface area (Å²) in [6, 6.07) is -0.251. The van der Waals surface area contributed by atoms with Crippen molar-refractivity contribution in [3.63, 3.8) is 0 Å². The van der Waals surface area contributed by atoms with Gasteiger partial charge in [0.1, 0.15) is 6.10 Å². The van der Waals surface area contributed by atoms with Crippen LogP contribution in [0.15, 0.2) is 0 Å². The molecule has 106 valence electrons. The van der Waals surface area contributed by atoms with Crippen molar-refractivity contribution in [2.75, 3.05) is 6.61 Å². The SMILES string of the molecule is CC(C)C(CC(=O)O)n1nnnc1C1OCCC1C. The van der Waals surface area contributed by atoms with E-state index in [4.69, 9.17) is 9.84 Å². The normalized spacial score (nSPS) is 24.8. The summed E-state index contributed by atoms with van der Waals surface area (Å²) in [5.74, 6) is 0.280. The predicted octanol–water partition coefficient (Wildman–Crippen LogP) is 1.44. The molecule has 1 aliphatic heterocycles. The Morgan fingerprint density at radius 3 is 2.84 bits per heavy atom. The van der Waals surface area contributed by atoms with Crippen molar-refractivity contribution in [3.05, 3.63) is 5.82 Å². The second-order valence-corrected chi connectivity index (χ2v) is 5.45. The van der Waals surface area contributed by atoms with Crippen molar-refractivity contribution in [1.29, 1.82) is 0 Å². The van der Waals surface area contributed by atoms with Gasteiger partial charge in [-0.05, 0) is 28.7 Å². The van der Waals surface area contributed by atoms with Gasteiger partial charge in [-0.1, -0.05) is 20.8 Å². The zero-order valence-corrected chi connectivity index (χ0v) is 11.5. The van der Waals surface area contributed by atoms with Crippen LogP contribution in [0.1, 0.15) is 51.6 Å². The maximum absolute atomic E-state index is 11.0.